The summed E-state index contributed by atoms with van der Waals surface area (Å²) in [5, 5.41) is 3.47. The van der Waals surface area contributed by atoms with E-state index in [-0.39, 0.29) is 0 Å². The van der Waals surface area contributed by atoms with E-state index in [2.05, 4.69) is 24.2 Å². The van der Waals surface area contributed by atoms with Crippen LogP contribution in [0.1, 0.15) is 32.6 Å². The molecule has 3 unspecified atom stereocenters. The average molecular weight is 198 g/mol. The standard InChI is InChI=1S/C11H22N2O/c1-9-8-14-11(12-9)7-10-5-3-4-6-13(10)2/h9-12H,3-8H2,1-2H3. The summed E-state index contributed by atoms with van der Waals surface area (Å²) in [6.45, 7) is 4.32. The summed E-state index contributed by atoms with van der Waals surface area (Å²) >= 11 is 0. The number of ether oxygens (including phenoxy) is 1. The molecule has 0 amide bonds. The number of hydrogen-bond donors (Lipinski definition) is 1. The topological polar surface area (TPSA) is 24.5 Å². The molecule has 0 saturated carbocycles. The number of rotatable bonds is 2. The van der Waals surface area contributed by atoms with Gasteiger partial charge >= 0.3 is 0 Å². The van der Waals surface area contributed by atoms with Crippen molar-refractivity contribution >= 4 is 0 Å². The van der Waals surface area contributed by atoms with Gasteiger partial charge in [0.15, 0.2) is 0 Å². The smallest absolute Gasteiger partial charge is 0.109 e. The van der Waals surface area contributed by atoms with Crippen molar-refractivity contribution in [3.05, 3.63) is 0 Å². The lowest BCUT2D eigenvalue weighted by Gasteiger charge is -2.33. The van der Waals surface area contributed by atoms with Gasteiger partial charge in [-0.1, -0.05) is 6.42 Å². The molecule has 14 heavy (non-hydrogen) atoms. The largest absolute Gasteiger partial charge is 0.362 e. The van der Waals surface area contributed by atoms with E-state index in [9.17, 15) is 0 Å². The van der Waals surface area contributed by atoms with Gasteiger partial charge in [-0.25, -0.2) is 0 Å². The Hall–Kier alpha value is -0.120. The predicted octanol–water partition coefficient (Wildman–Crippen LogP) is 1.20. The summed E-state index contributed by atoms with van der Waals surface area (Å²) in [6, 6.07) is 1.26. The molecule has 82 valence electrons. The lowest BCUT2D eigenvalue weighted by atomic mass is 9.99. The molecule has 0 radical (unpaired) electrons. The van der Waals surface area contributed by atoms with Crippen LogP contribution in [-0.4, -0.2) is 43.4 Å². The zero-order valence-corrected chi connectivity index (χ0v) is 9.33. The van der Waals surface area contributed by atoms with E-state index in [4.69, 9.17) is 4.74 Å². The van der Waals surface area contributed by atoms with Crippen molar-refractivity contribution in [2.45, 2.75) is 50.9 Å². The first kappa shape index (κ1) is 10.4. The Labute approximate surface area is 86.8 Å². The van der Waals surface area contributed by atoms with Gasteiger partial charge in [0.05, 0.1) is 6.61 Å². The fourth-order valence-corrected chi connectivity index (χ4v) is 2.50. The number of likely N-dealkylation sites (tertiary alicyclic amines) is 1. The van der Waals surface area contributed by atoms with Crippen molar-refractivity contribution < 1.29 is 4.74 Å². The third-order valence-corrected chi connectivity index (χ3v) is 3.43. The lowest BCUT2D eigenvalue weighted by Crippen LogP contribution is -2.41. The average Bonchev–Trinajstić information content (AvgIpc) is 2.56. The van der Waals surface area contributed by atoms with Gasteiger partial charge in [-0.3, -0.25) is 5.32 Å². The molecule has 2 heterocycles. The first-order chi connectivity index (χ1) is 6.75. The van der Waals surface area contributed by atoms with Gasteiger partial charge in [0.25, 0.3) is 0 Å². The summed E-state index contributed by atoms with van der Waals surface area (Å²) in [5.41, 5.74) is 0. The highest BCUT2D eigenvalue weighted by Gasteiger charge is 2.27. The SMILES string of the molecule is CC1COC(CC2CCCCN2C)N1. The summed E-state index contributed by atoms with van der Waals surface area (Å²) in [5.74, 6) is 0. The van der Waals surface area contributed by atoms with Gasteiger partial charge in [0.1, 0.15) is 6.23 Å². The Morgan fingerprint density at radius 2 is 2.29 bits per heavy atom. The molecule has 0 spiro atoms. The summed E-state index contributed by atoms with van der Waals surface area (Å²) in [4.78, 5) is 2.48. The predicted molar refractivity (Wildman–Crippen MR) is 57.2 cm³/mol. The minimum absolute atomic E-state index is 0.301. The molecule has 3 atom stereocenters. The maximum Gasteiger partial charge on any atom is 0.109 e. The number of hydrogen-bond acceptors (Lipinski definition) is 3. The van der Waals surface area contributed by atoms with E-state index in [1.54, 1.807) is 0 Å². The minimum Gasteiger partial charge on any atom is -0.362 e. The fraction of sp³-hybridized carbons (Fsp3) is 1.00. The Bertz CT molecular complexity index is 186. The molecule has 2 saturated heterocycles. The van der Waals surface area contributed by atoms with Crippen LogP contribution in [0, 0.1) is 0 Å². The summed E-state index contributed by atoms with van der Waals surface area (Å²) in [7, 11) is 2.24. The van der Waals surface area contributed by atoms with Crippen LogP contribution >= 0.6 is 0 Å². The Balaban J connectivity index is 1.78. The number of piperidine rings is 1. The van der Waals surface area contributed by atoms with Crippen molar-refractivity contribution in [2.24, 2.45) is 0 Å². The Morgan fingerprint density at radius 3 is 2.93 bits per heavy atom. The fourth-order valence-electron chi connectivity index (χ4n) is 2.50. The quantitative estimate of drug-likeness (QED) is 0.721. The highest BCUT2D eigenvalue weighted by molar-refractivity contribution is 4.80. The van der Waals surface area contributed by atoms with Crippen molar-refractivity contribution in [3.8, 4) is 0 Å². The molecule has 3 heteroatoms. The monoisotopic (exact) mass is 198 g/mol. The van der Waals surface area contributed by atoms with Gasteiger partial charge in [-0.15, -0.1) is 0 Å². The van der Waals surface area contributed by atoms with Crippen LogP contribution in [0.25, 0.3) is 0 Å². The summed E-state index contributed by atoms with van der Waals surface area (Å²) < 4.78 is 5.68. The van der Waals surface area contributed by atoms with Crippen LogP contribution in [0.3, 0.4) is 0 Å². The molecular formula is C11H22N2O. The maximum absolute atomic E-state index is 5.68. The highest BCUT2D eigenvalue weighted by atomic mass is 16.5. The normalized spacial score (nSPS) is 40.3. The number of nitrogens with one attached hydrogen (secondary N) is 1. The Morgan fingerprint density at radius 1 is 1.43 bits per heavy atom. The van der Waals surface area contributed by atoms with Gasteiger partial charge in [0.2, 0.25) is 0 Å². The van der Waals surface area contributed by atoms with E-state index >= 15 is 0 Å². The second-order valence-corrected chi connectivity index (χ2v) is 4.76. The van der Waals surface area contributed by atoms with E-state index in [1.807, 2.05) is 0 Å². The zero-order valence-electron chi connectivity index (χ0n) is 9.33. The van der Waals surface area contributed by atoms with E-state index in [0.29, 0.717) is 12.3 Å². The second-order valence-electron chi connectivity index (χ2n) is 4.76. The Kier molecular flexibility index (Phi) is 3.42. The van der Waals surface area contributed by atoms with E-state index in [1.165, 1.54) is 25.8 Å². The third-order valence-electron chi connectivity index (χ3n) is 3.43. The number of nitrogens with zero attached hydrogens (tertiary/aromatic N) is 1. The van der Waals surface area contributed by atoms with Crippen molar-refractivity contribution in [3.63, 3.8) is 0 Å². The molecular weight excluding hydrogens is 176 g/mol. The van der Waals surface area contributed by atoms with E-state index < -0.39 is 0 Å². The molecule has 0 aliphatic carbocycles. The van der Waals surface area contributed by atoms with Gasteiger partial charge in [-0.05, 0) is 33.4 Å². The van der Waals surface area contributed by atoms with Crippen LogP contribution < -0.4 is 5.32 Å². The first-order valence-corrected chi connectivity index (χ1v) is 5.83. The van der Waals surface area contributed by atoms with E-state index in [0.717, 1.165) is 19.1 Å². The highest BCUT2D eigenvalue weighted by Crippen LogP contribution is 2.20. The molecule has 0 aromatic carbocycles. The molecule has 0 bridgehead atoms. The molecule has 0 aromatic heterocycles. The van der Waals surface area contributed by atoms with Crippen LogP contribution in [-0.2, 0) is 4.74 Å². The lowest BCUT2D eigenvalue weighted by molar-refractivity contribution is 0.0555. The zero-order chi connectivity index (χ0) is 9.97. The minimum atomic E-state index is 0.301. The van der Waals surface area contributed by atoms with Crippen LogP contribution in [0.2, 0.25) is 0 Å². The van der Waals surface area contributed by atoms with Crippen molar-refractivity contribution in [1.82, 2.24) is 10.2 Å². The molecule has 0 aromatic rings. The van der Waals surface area contributed by atoms with Gasteiger partial charge < -0.3 is 9.64 Å². The third kappa shape index (κ3) is 2.47. The van der Waals surface area contributed by atoms with Crippen molar-refractivity contribution in [2.75, 3.05) is 20.2 Å². The van der Waals surface area contributed by atoms with Crippen LogP contribution in [0.15, 0.2) is 0 Å². The second kappa shape index (κ2) is 4.60. The molecule has 2 fully saturated rings. The molecule has 1 N–H and O–H groups in total. The van der Waals surface area contributed by atoms with Crippen LogP contribution in [0.5, 0.6) is 0 Å². The van der Waals surface area contributed by atoms with Crippen LogP contribution in [0.4, 0.5) is 0 Å². The van der Waals surface area contributed by atoms with Crippen molar-refractivity contribution in [1.29, 1.82) is 0 Å². The maximum atomic E-state index is 5.68. The molecule has 2 aliphatic heterocycles. The molecule has 2 aliphatic rings. The molecule has 2 rings (SSSR count). The van der Waals surface area contributed by atoms with Gasteiger partial charge in [-0.2, -0.15) is 0 Å². The molecule has 3 nitrogen and oxygen atoms in total. The summed E-state index contributed by atoms with van der Waals surface area (Å²) in [6.07, 6.45) is 5.54. The van der Waals surface area contributed by atoms with Gasteiger partial charge in [0, 0.05) is 18.5 Å². The first-order valence-electron chi connectivity index (χ1n) is 5.83.